The van der Waals surface area contributed by atoms with Crippen molar-refractivity contribution < 1.29 is 9.53 Å². The molecule has 0 aliphatic carbocycles. The summed E-state index contributed by atoms with van der Waals surface area (Å²) in [5, 5.41) is 13.1. The van der Waals surface area contributed by atoms with Crippen LogP contribution in [0.1, 0.15) is 47.6 Å². The van der Waals surface area contributed by atoms with Gasteiger partial charge in [0.15, 0.2) is 11.0 Å². The maximum atomic E-state index is 12.6. The first-order valence-electron chi connectivity index (χ1n) is 10.0. The van der Waals surface area contributed by atoms with Crippen LogP contribution in [-0.4, -0.2) is 33.0 Å². The van der Waals surface area contributed by atoms with Crippen LogP contribution in [-0.2, 0) is 6.54 Å². The molecule has 3 rings (SSSR count). The van der Waals surface area contributed by atoms with Crippen molar-refractivity contribution >= 4 is 17.7 Å². The first kappa shape index (κ1) is 21.9. The zero-order chi connectivity index (χ0) is 21.7. The van der Waals surface area contributed by atoms with Crippen LogP contribution in [0.4, 0.5) is 0 Å². The third-order valence-electron chi connectivity index (χ3n) is 5.16. The number of rotatable bonds is 8. The van der Waals surface area contributed by atoms with Gasteiger partial charge < -0.3 is 10.1 Å². The zero-order valence-corrected chi connectivity index (χ0v) is 18.9. The number of carbonyl (C=O) groups excluding carboxylic acids is 1. The lowest BCUT2D eigenvalue weighted by molar-refractivity contribution is 0.0949. The Morgan fingerprint density at radius 3 is 2.57 bits per heavy atom. The monoisotopic (exact) mass is 424 g/mol. The molecule has 0 saturated carbocycles. The van der Waals surface area contributed by atoms with Gasteiger partial charge in [-0.1, -0.05) is 37.7 Å². The molecule has 1 amide bonds. The molecular weight excluding hydrogens is 396 g/mol. The SMILES string of the molecule is CCC(C)Sc1nnc(CNC(=O)c2ccc(OC)cc2)n1-c1cccc(C)c1C. The lowest BCUT2D eigenvalue weighted by Gasteiger charge is -2.16. The van der Waals surface area contributed by atoms with Crippen LogP contribution in [0.25, 0.3) is 5.69 Å². The molecule has 1 unspecified atom stereocenters. The van der Waals surface area contributed by atoms with Gasteiger partial charge >= 0.3 is 0 Å². The van der Waals surface area contributed by atoms with E-state index in [1.54, 1.807) is 43.1 Å². The Morgan fingerprint density at radius 1 is 1.17 bits per heavy atom. The number of benzene rings is 2. The van der Waals surface area contributed by atoms with Gasteiger partial charge in [-0.2, -0.15) is 0 Å². The molecule has 0 bridgehead atoms. The Morgan fingerprint density at radius 2 is 1.90 bits per heavy atom. The van der Waals surface area contributed by atoms with Crippen LogP contribution in [0.3, 0.4) is 0 Å². The maximum Gasteiger partial charge on any atom is 0.251 e. The lowest BCUT2D eigenvalue weighted by atomic mass is 10.1. The Balaban J connectivity index is 1.88. The molecule has 1 heterocycles. The van der Waals surface area contributed by atoms with Gasteiger partial charge in [0.2, 0.25) is 0 Å². The molecule has 0 saturated heterocycles. The zero-order valence-electron chi connectivity index (χ0n) is 18.1. The summed E-state index contributed by atoms with van der Waals surface area (Å²) in [6.45, 7) is 8.81. The van der Waals surface area contributed by atoms with E-state index in [9.17, 15) is 4.79 Å². The van der Waals surface area contributed by atoms with Crippen LogP contribution >= 0.6 is 11.8 Å². The van der Waals surface area contributed by atoms with Crippen molar-refractivity contribution in [3.63, 3.8) is 0 Å². The highest BCUT2D eigenvalue weighted by Gasteiger charge is 2.19. The van der Waals surface area contributed by atoms with Gasteiger partial charge in [-0.25, -0.2) is 0 Å². The Kier molecular flexibility index (Phi) is 7.15. The van der Waals surface area contributed by atoms with Crippen LogP contribution in [0.15, 0.2) is 47.6 Å². The van der Waals surface area contributed by atoms with E-state index in [4.69, 9.17) is 4.74 Å². The van der Waals surface area contributed by atoms with Crippen LogP contribution < -0.4 is 10.1 Å². The van der Waals surface area contributed by atoms with E-state index in [1.165, 1.54) is 11.1 Å². The summed E-state index contributed by atoms with van der Waals surface area (Å²) in [5.74, 6) is 1.26. The number of methoxy groups -OCH3 is 1. The molecule has 0 radical (unpaired) electrons. The minimum absolute atomic E-state index is 0.163. The summed E-state index contributed by atoms with van der Waals surface area (Å²) in [6, 6.07) is 13.2. The van der Waals surface area contributed by atoms with Crippen molar-refractivity contribution in [2.45, 2.75) is 51.1 Å². The molecule has 1 atom stereocenters. The predicted molar refractivity (Wildman–Crippen MR) is 121 cm³/mol. The highest BCUT2D eigenvalue weighted by molar-refractivity contribution is 7.99. The standard InChI is InChI=1S/C23H28N4O2S/c1-6-16(3)30-23-26-25-21(27(23)20-9-7-8-15(2)17(20)4)14-24-22(28)18-10-12-19(29-5)13-11-18/h7-13,16H,6,14H2,1-5H3,(H,24,28). The average molecular weight is 425 g/mol. The van der Waals surface area contributed by atoms with E-state index in [-0.39, 0.29) is 12.5 Å². The predicted octanol–water partition coefficient (Wildman–Crippen LogP) is 4.71. The van der Waals surface area contributed by atoms with Crippen molar-refractivity contribution in [1.29, 1.82) is 0 Å². The fraction of sp³-hybridized carbons (Fsp3) is 0.348. The van der Waals surface area contributed by atoms with Crippen molar-refractivity contribution in [1.82, 2.24) is 20.1 Å². The van der Waals surface area contributed by atoms with Crippen molar-refractivity contribution in [3.8, 4) is 11.4 Å². The molecule has 6 nitrogen and oxygen atoms in total. The number of amides is 1. The number of nitrogens with zero attached hydrogens (tertiary/aromatic N) is 3. The minimum Gasteiger partial charge on any atom is -0.497 e. The fourth-order valence-corrected chi connectivity index (χ4v) is 3.90. The second kappa shape index (κ2) is 9.80. The van der Waals surface area contributed by atoms with Crippen molar-refractivity contribution in [2.24, 2.45) is 0 Å². The Hall–Kier alpha value is -2.80. The highest BCUT2D eigenvalue weighted by Crippen LogP contribution is 2.29. The molecule has 0 aliphatic heterocycles. The van der Waals surface area contributed by atoms with E-state index in [0.717, 1.165) is 17.3 Å². The molecule has 3 aromatic rings. The summed E-state index contributed by atoms with van der Waals surface area (Å²) < 4.78 is 7.21. The molecule has 1 aromatic heterocycles. The van der Waals surface area contributed by atoms with E-state index < -0.39 is 0 Å². The number of aromatic nitrogens is 3. The van der Waals surface area contributed by atoms with Crippen LogP contribution in [0.2, 0.25) is 0 Å². The smallest absolute Gasteiger partial charge is 0.251 e. The number of ether oxygens (including phenoxy) is 1. The quantitative estimate of drug-likeness (QED) is 0.530. The number of thioether (sulfide) groups is 1. The van der Waals surface area contributed by atoms with Gasteiger partial charge in [0, 0.05) is 10.8 Å². The summed E-state index contributed by atoms with van der Waals surface area (Å²) in [6.07, 6.45) is 1.04. The third-order valence-corrected chi connectivity index (χ3v) is 6.37. The summed E-state index contributed by atoms with van der Waals surface area (Å²) in [4.78, 5) is 12.6. The largest absolute Gasteiger partial charge is 0.497 e. The average Bonchev–Trinajstić information content (AvgIpc) is 3.15. The van der Waals surface area contributed by atoms with Crippen molar-refractivity contribution in [3.05, 3.63) is 65.0 Å². The number of hydrogen-bond donors (Lipinski definition) is 1. The minimum atomic E-state index is -0.163. The molecule has 0 aliphatic rings. The maximum absolute atomic E-state index is 12.6. The molecular formula is C23H28N4O2S. The van der Waals surface area contributed by atoms with E-state index >= 15 is 0 Å². The molecule has 0 fully saturated rings. The van der Waals surface area contributed by atoms with Gasteiger partial charge in [0.25, 0.3) is 5.91 Å². The summed E-state index contributed by atoms with van der Waals surface area (Å²) in [7, 11) is 1.60. The second-order valence-corrected chi connectivity index (χ2v) is 8.61. The summed E-state index contributed by atoms with van der Waals surface area (Å²) in [5.41, 5.74) is 3.99. The Labute approximate surface area is 182 Å². The van der Waals surface area contributed by atoms with Crippen molar-refractivity contribution in [2.75, 3.05) is 7.11 Å². The number of aryl methyl sites for hydroxylation is 1. The Bertz CT molecular complexity index is 1010. The van der Waals surface area contributed by atoms with E-state index in [0.29, 0.717) is 22.4 Å². The van der Waals surface area contributed by atoms with Crippen LogP contribution in [0, 0.1) is 13.8 Å². The topological polar surface area (TPSA) is 69.0 Å². The fourth-order valence-electron chi connectivity index (χ4n) is 2.98. The second-order valence-electron chi connectivity index (χ2n) is 7.20. The van der Waals surface area contributed by atoms with E-state index in [1.807, 2.05) is 6.07 Å². The number of nitrogens with one attached hydrogen (secondary N) is 1. The molecule has 30 heavy (non-hydrogen) atoms. The molecule has 2 aromatic carbocycles. The van der Waals surface area contributed by atoms with Gasteiger partial charge in [0.1, 0.15) is 5.75 Å². The lowest BCUT2D eigenvalue weighted by Crippen LogP contribution is -2.24. The van der Waals surface area contributed by atoms with Gasteiger partial charge in [0.05, 0.1) is 19.3 Å². The first-order valence-corrected chi connectivity index (χ1v) is 10.9. The van der Waals surface area contributed by atoms with Gasteiger partial charge in [-0.3, -0.25) is 9.36 Å². The number of carbonyl (C=O) groups is 1. The number of hydrogen-bond acceptors (Lipinski definition) is 5. The van der Waals surface area contributed by atoms with Crippen LogP contribution in [0.5, 0.6) is 5.75 Å². The third kappa shape index (κ3) is 4.84. The van der Waals surface area contributed by atoms with E-state index in [2.05, 4.69) is 59.9 Å². The summed E-state index contributed by atoms with van der Waals surface area (Å²) >= 11 is 1.70. The first-order chi connectivity index (χ1) is 14.4. The highest BCUT2D eigenvalue weighted by atomic mass is 32.2. The molecule has 7 heteroatoms. The molecule has 0 spiro atoms. The molecule has 158 valence electrons. The van der Waals surface area contributed by atoms with Gasteiger partial charge in [-0.05, 0) is 61.7 Å². The van der Waals surface area contributed by atoms with Gasteiger partial charge in [-0.15, -0.1) is 10.2 Å². The normalized spacial score (nSPS) is 11.9. The molecule has 1 N–H and O–H groups in total.